The molecule has 1 saturated carbocycles. The standard InChI is InChI=1S/C9H17N5/c1-7-3-2-4-8(6-5-7)14-9(10)11-12-13-14/h7-8H,2-6H2,1H3,(H2,10,11,13). The van der Waals surface area contributed by atoms with E-state index in [9.17, 15) is 0 Å². The minimum atomic E-state index is 0.412. The zero-order valence-corrected chi connectivity index (χ0v) is 8.56. The van der Waals surface area contributed by atoms with Gasteiger partial charge < -0.3 is 5.73 Å². The van der Waals surface area contributed by atoms with E-state index in [-0.39, 0.29) is 0 Å². The van der Waals surface area contributed by atoms with Gasteiger partial charge in [-0.1, -0.05) is 24.9 Å². The SMILES string of the molecule is CC1CCCC(n2nnnc2N)CC1. The summed E-state index contributed by atoms with van der Waals surface area (Å²) in [6.45, 7) is 2.31. The Labute approximate surface area is 83.7 Å². The molecule has 2 N–H and O–H groups in total. The highest BCUT2D eigenvalue weighted by Gasteiger charge is 2.20. The van der Waals surface area contributed by atoms with Crippen LogP contribution >= 0.6 is 0 Å². The van der Waals surface area contributed by atoms with Gasteiger partial charge in [-0.25, -0.2) is 4.68 Å². The number of tetrazole rings is 1. The molecule has 1 aliphatic rings. The van der Waals surface area contributed by atoms with E-state index in [0.29, 0.717) is 12.0 Å². The molecule has 2 unspecified atom stereocenters. The Hall–Kier alpha value is -1.13. The summed E-state index contributed by atoms with van der Waals surface area (Å²) < 4.78 is 1.78. The predicted octanol–water partition coefficient (Wildman–Crippen LogP) is 1.40. The molecule has 0 radical (unpaired) electrons. The van der Waals surface area contributed by atoms with E-state index in [1.54, 1.807) is 4.68 Å². The fourth-order valence-electron chi connectivity index (χ4n) is 2.17. The van der Waals surface area contributed by atoms with E-state index >= 15 is 0 Å². The summed E-state index contributed by atoms with van der Waals surface area (Å²) in [4.78, 5) is 0. The van der Waals surface area contributed by atoms with Crippen molar-refractivity contribution in [1.29, 1.82) is 0 Å². The first kappa shape index (κ1) is 9.43. The van der Waals surface area contributed by atoms with E-state index in [1.807, 2.05) is 0 Å². The molecular weight excluding hydrogens is 178 g/mol. The molecule has 0 aromatic carbocycles. The third-order valence-corrected chi connectivity index (χ3v) is 3.09. The zero-order chi connectivity index (χ0) is 9.97. The van der Waals surface area contributed by atoms with Crippen molar-refractivity contribution >= 4 is 5.95 Å². The molecule has 5 nitrogen and oxygen atoms in total. The first-order valence-electron chi connectivity index (χ1n) is 5.30. The molecule has 5 heteroatoms. The first-order chi connectivity index (χ1) is 6.77. The van der Waals surface area contributed by atoms with Crippen LogP contribution in [0.25, 0.3) is 0 Å². The van der Waals surface area contributed by atoms with Crippen molar-refractivity contribution in [2.45, 2.75) is 45.1 Å². The number of aromatic nitrogens is 4. The van der Waals surface area contributed by atoms with Gasteiger partial charge in [-0.3, -0.25) is 0 Å². The van der Waals surface area contributed by atoms with Gasteiger partial charge in [0.1, 0.15) is 0 Å². The molecule has 0 spiro atoms. The maximum Gasteiger partial charge on any atom is 0.240 e. The van der Waals surface area contributed by atoms with E-state index in [1.165, 1.54) is 19.3 Å². The molecule has 2 rings (SSSR count). The van der Waals surface area contributed by atoms with E-state index in [0.717, 1.165) is 18.8 Å². The molecule has 0 amide bonds. The smallest absolute Gasteiger partial charge is 0.240 e. The van der Waals surface area contributed by atoms with E-state index < -0.39 is 0 Å². The first-order valence-corrected chi connectivity index (χ1v) is 5.30. The number of nitrogen functional groups attached to an aromatic ring is 1. The molecule has 14 heavy (non-hydrogen) atoms. The molecule has 1 aromatic heterocycles. The van der Waals surface area contributed by atoms with Crippen LogP contribution in [0.15, 0.2) is 0 Å². The molecule has 0 saturated heterocycles. The van der Waals surface area contributed by atoms with Gasteiger partial charge in [-0.05, 0) is 35.6 Å². The lowest BCUT2D eigenvalue weighted by Gasteiger charge is -2.13. The van der Waals surface area contributed by atoms with Gasteiger partial charge in [0.2, 0.25) is 5.95 Å². The van der Waals surface area contributed by atoms with Crippen molar-refractivity contribution in [2.24, 2.45) is 5.92 Å². The Morgan fingerprint density at radius 2 is 2.14 bits per heavy atom. The average molecular weight is 195 g/mol. The normalized spacial score (nSPS) is 28.6. The van der Waals surface area contributed by atoms with Crippen molar-refractivity contribution in [1.82, 2.24) is 20.2 Å². The third kappa shape index (κ3) is 1.86. The second kappa shape index (κ2) is 3.94. The minimum absolute atomic E-state index is 0.412. The number of anilines is 1. The highest BCUT2D eigenvalue weighted by Crippen LogP contribution is 2.30. The summed E-state index contributed by atoms with van der Waals surface area (Å²) in [5.41, 5.74) is 5.68. The lowest BCUT2D eigenvalue weighted by Crippen LogP contribution is -2.13. The fraction of sp³-hybridized carbons (Fsp3) is 0.889. The predicted molar refractivity (Wildman–Crippen MR) is 53.5 cm³/mol. The summed E-state index contributed by atoms with van der Waals surface area (Å²) in [6.07, 6.45) is 6.13. The second-order valence-corrected chi connectivity index (χ2v) is 4.25. The van der Waals surface area contributed by atoms with Crippen molar-refractivity contribution in [2.75, 3.05) is 5.73 Å². The molecule has 1 heterocycles. The molecule has 78 valence electrons. The van der Waals surface area contributed by atoms with Crippen LogP contribution in [0.2, 0.25) is 0 Å². The molecule has 0 bridgehead atoms. The van der Waals surface area contributed by atoms with Crippen molar-refractivity contribution in [3.05, 3.63) is 0 Å². The number of nitrogens with zero attached hydrogens (tertiary/aromatic N) is 4. The highest BCUT2D eigenvalue weighted by atomic mass is 15.6. The second-order valence-electron chi connectivity index (χ2n) is 4.25. The molecule has 1 aliphatic carbocycles. The lowest BCUT2D eigenvalue weighted by atomic mass is 10.0. The lowest BCUT2D eigenvalue weighted by molar-refractivity contribution is 0.395. The van der Waals surface area contributed by atoms with Crippen LogP contribution in [0.5, 0.6) is 0 Å². The van der Waals surface area contributed by atoms with Gasteiger partial charge in [0.25, 0.3) is 0 Å². The van der Waals surface area contributed by atoms with Crippen LogP contribution in [0.4, 0.5) is 5.95 Å². The maximum absolute atomic E-state index is 5.68. The molecule has 2 atom stereocenters. The van der Waals surface area contributed by atoms with E-state index in [2.05, 4.69) is 22.4 Å². The number of hydrogen-bond acceptors (Lipinski definition) is 4. The quantitative estimate of drug-likeness (QED) is 0.687. The monoisotopic (exact) mass is 195 g/mol. The summed E-state index contributed by atoms with van der Waals surface area (Å²) in [7, 11) is 0. The molecule has 1 aromatic rings. The topological polar surface area (TPSA) is 69.6 Å². The molecule has 0 aliphatic heterocycles. The summed E-state index contributed by atoms with van der Waals surface area (Å²) in [5.74, 6) is 1.28. The van der Waals surface area contributed by atoms with Gasteiger partial charge in [-0.15, -0.1) is 0 Å². The Morgan fingerprint density at radius 1 is 1.29 bits per heavy atom. The van der Waals surface area contributed by atoms with Gasteiger partial charge in [-0.2, -0.15) is 0 Å². The van der Waals surface area contributed by atoms with Crippen LogP contribution < -0.4 is 5.73 Å². The largest absolute Gasteiger partial charge is 0.367 e. The zero-order valence-electron chi connectivity index (χ0n) is 8.56. The van der Waals surface area contributed by atoms with Crippen LogP contribution in [0, 0.1) is 5.92 Å². The van der Waals surface area contributed by atoms with Crippen LogP contribution in [0.3, 0.4) is 0 Å². The van der Waals surface area contributed by atoms with Crippen molar-refractivity contribution in [3.8, 4) is 0 Å². The Morgan fingerprint density at radius 3 is 2.86 bits per heavy atom. The maximum atomic E-state index is 5.68. The van der Waals surface area contributed by atoms with Gasteiger partial charge >= 0.3 is 0 Å². The van der Waals surface area contributed by atoms with Crippen molar-refractivity contribution < 1.29 is 0 Å². The average Bonchev–Trinajstić information content (AvgIpc) is 2.46. The summed E-state index contributed by atoms with van der Waals surface area (Å²) >= 11 is 0. The molecule has 1 fully saturated rings. The van der Waals surface area contributed by atoms with Crippen LogP contribution in [-0.2, 0) is 0 Å². The summed E-state index contributed by atoms with van der Waals surface area (Å²) in [6, 6.07) is 0.412. The van der Waals surface area contributed by atoms with Crippen molar-refractivity contribution in [3.63, 3.8) is 0 Å². The van der Waals surface area contributed by atoms with Gasteiger partial charge in [0.15, 0.2) is 0 Å². The third-order valence-electron chi connectivity index (χ3n) is 3.09. The fourth-order valence-corrected chi connectivity index (χ4v) is 2.17. The Kier molecular flexibility index (Phi) is 2.65. The number of nitrogens with two attached hydrogens (primary N) is 1. The minimum Gasteiger partial charge on any atom is -0.367 e. The van der Waals surface area contributed by atoms with E-state index in [4.69, 9.17) is 5.73 Å². The number of hydrogen-bond donors (Lipinski definition) is 1. The van der Waals surface area contributed by atoms with Crippen LogP contribution in [0.1, 0.15) is 45.1 Å². The highest BCUT2D eigenvalue weighted by molar-refractivity contribution is 5.11. The van der Waals surface area contributed by atoms with Crippen LogP contribution in [-0.4, -0.2) is 20.2 Å². The Balaban J connectivity index is 2.08. The molecular formula is C9H17N5. The summed E-state index contributed by atoms with van der Waals surface area (Å²) in [5, 5.41) is 11.2. The van der Waals surface area contributed by atoms with Gasteiger partial charge in [0.05, 0.1) is 6.04 Å². The number of rotatable bonds is 1. The Bertz CT molecular complexity index is 295. The van der Waals surface area contributed by atoms with Gasteiger partial charge in [0, 0.05) is 0 Å².